The zero-order valence-electron chi connectivity index (χ0n) is 15.1. The summed E-state index contributed by atoms with van der Waals surface area (Å²) in [6.45, 7) is 9.28. The van der Waals surface area contributed by atoms with Gasteiger partial charge in [0.05, 0.1) is 0 Å². The van der Waals surface area contributed by atoms with Gasteiger partial charge in [-0.05, 0) is 23.0 Å². The second-order valence-electron chi connectivity index (χ2n) is 7.98. The van der Waals surface area contributed by atoms with Crippen LogP contribution in [0.3, 0.4) is 0 Å². The average molecular weight is 350 g/mol. The van der Waals surface area contributed by atoms with E-state index in [4.69, 9.17) is 9.47 Å². The molecular weight excluding hydrogens is 324 g/mol. The van der Waals surface area contributed by atoms with Gasteiger partial charge in [0.2, 0.25) is 11.6 Å². The van der Waals surface area contributed by atoms with E-state index in [2.05, 4.69) is 0 Å². The van der Waals surface area contributed by atoms with Gasteiger partial charge in [0.25, 0.3) is 0 Å². The van der Waals surface area contributed by atoms with Gasteiger partial charge in [0, 0.05) is 0 Å². The Balaban J connectivity index is 2.76. The molecule has 0 aromatic heterocycles. The molecule has 138 valence electrons. The van der Waals surface area contributed by atoms with E-state index >= 15 is 0 Å². The largest absolute Gasteiger partial charge is 0.487 e. The summed E-state index contributed by atoms with van der Waals surface area (Å²) in [7, 11) is 0. The molecule has 6 heteroatoms. The number of hydrogen-bond acceptors (Lipinski definition) is 2. The number of hydrogen-bond donors (Lipinski definition) is 0. The van der Waals surface area contributed by atoms with Crippen LogP contribution in [0.5, 0.6) is 11.5 Å². The summed E-state index contributed by atoms with van der Waals surface area (Å²) < 4.78 is 65.6. The predicted molar refractivity (Wildman–Crippen MR) is 86.1 cm³/mol. The third kappa shape index (κ3) is 5.56. The third-order valence-corrected chi connectivity index (χ3v) is 3.66. The number of ether oxygens (including phenoxy) is 2. The first-order chi connectivity index (χ1) is 10.8. The molecule has 0 saturated carbocycles. The fourth-order valence-electron chi connectivity index (χ4n) is 1.56. The number of rotatable bonds is 6. The van der Waals surface area contributed by atoms with E-state index in [0.29, 0.717) is 0 Å². The first-order valence-electron chi connectivity index (χ1n) is 7.85. The molecule has 0 heterocycles. The Hall–Kier alpha value is -1.46. The quantitative estimate of drug-likeness (QED) is 0.632. The fourth-order valence-corrected chi connectivity index (χ4v) is 1.56. The SMILES string of the molecule is CC(C)(C)C(F)COc1ccc(OCC(F)C(C)(C)C)c(F)c1F. The predicted octanol–water partition coefficient (Wildman–Crippen LogP) is 5.49. The molecule has 1 aromatic rings. The molecule has 0 spiro atoms. The van der Waals surface area contributed by atoms with Crippen LogP contribution in [0.25, 0.3) is 0 Å². The molecule has 24 heavy (non-hydrogen) atoms. The molecule has 0 aliphatic carbocycles. The third-order valence-electron chi connectivity index (χ3n) is 3.66. The number of halogens is 4. The van der Waals surface area contributed by atoms with Crippen molar-refractivity contribution < 1.29 is 27.0 Å². The standard InChI is InChI=1S/C18H26F4O2/c1-17(2,3)13(19)9-23-11-7-8-12(16(22)15(11)21)24-10-14(20)18(4,5)6/h7-8,13-14H,9-10H2,1-6H3. The van der Waals surface area contributed by atoms with Gasteiger partial charge in [0.15, 0.2) is 11.5 Å². The minimum absolute atomic E-state index is 0.392. The lowest BCUT2D eigenvalue weighted by atomic mass is 9.91. The molecule has 2 nitrogen and oxygen atoms in total. The Morgan fingerprint density at radius 2 is 1.04 bits per heavy atom. The highest BCUT2D eigenvalue weighted by atomic mass is 19.2. The van der Waals surface area contributed by atoms with E-state index < -0.39 is 59.5 Å². The smallest absolute Gasteiger partial charge is 0.204 e. The monoisotopic (exact) mass is 350 g/mol. The Bertz CT molecular complexity index is 498. The van der Waals surface area contributed by atoms with Crippen LogP contribution in [0.4, 0.5) is 17.6 Å². The fraction of sp³-hybridized carbons (Fsp3) is 0.667. The molecule has 0 N–H and O–H groups in total. The van der Waals surface area contributed by atoms with Crippen LogP contribution < -0.4 is 9.47 Å². The lowest BCUT2D eigenvalue weighted by molar-refractivity contribution is 0.0922. The van der Waals surface area contributed by atoms with E-state index in [1.165, 1.54) is 0 Å². The van der Waals surface area contributed by atoms with Gasteiger partial charge in [-0.1, -0.05) is 41.5 Å². The number of benzene rings is 1. The molecule has 2 atom stereocenters. The van der Waals surface area contributed by atoms with Crippen molar-refractivity contribution in [2.45, 2.75) is 53.9 Å². The van der Waals surface area contributed by atoms with Crippen LogP contribution in [0.2, 0.25) is 0 Å². The summed E-state index contributed by atoms with van der Waals surface area (Å²) in [6, 6.07) is 2.29. The normalized spacial score (nSPS) is 15.1. The van der Waals surface area contributed by atoms with Gasteiger partial charge < -0.3 is 9.47 Å². The first kappa shape index (κ1) is 20.6. The van der Waals surface area contributed by atoms with E-state index in [0.717, 1.165) is 12.1 Å². The molecule has 0 aliphatic rings. The van der Waals surface area contributed by atoms with Gasteiger partial charge in [0.1, 0.15) is 25.6 Å². The van der Waals surface area contributed by atoms with Crippen molar-refractivity contribution in [3.05, 3.63) is 23.8 Å². The van der Waals surface area contributed by atoms with Crippen molar-refractivity contribution in [1.82, 2.24) is 0 Å². The molecule has 0 aliphatic heterocycles. The van der Waals surface area contributed by atoms with Crippen LogP contribution >= 0.6 is 0 Å². The average Bonchev–Trinajstić information content (AvgIpc) is 2.45. The second kappa shape index (κ2) is 7.62. The zero-order chi connectivity index (χ0) is 18.7. The summed E-state index contributed by atoms with van der Waals surface area (Å²) in [5.74, 6) is -3.36. The molecule has 0 bridgehead atoms. The molecule has 0 radical (unpaired) electrons. The maximum absolute atomic E-state index is 14.0. The van der Waals surface area contributed by atoms with Crippen molar-refractivity contribution in [2.24, 2.45) is 10.8 Å². The van der Waals surface area contributed by atoms with Crippen molar-refractivity contribution in [3.63, 3.8) is 0 Å². The second-order valence-corrected chi connectivity index (χ2v) is 7.98. The number of alkyl halides is 2. The highest BCUT2D eigenvalue weighted by Gasteiger charge is 2.27. The van der Waals surface area contributed by atoms with Crippen LogP contribution in [-0.4, -0.2) is 25.6 Å². The summed E-state index contributed by atoms with van der Waals surface area (Å²) in [4.78, 5) is 0. The van der Waals surface area contributed by atoms with Gasteiger partial charge in [-0.25, -0.2) is 8.78 Å². The maximum Gasteiger partial charge on any atom is 0.204 e. The van der Waals surface area contributed by atoms with Gasteiger partial charge in [-0.2, -0.15) is 8.78 Å². The topological polar surface area (TPSA) is 18.5 Å². The van der Waals surface area contributed by atoms with Crippen LogP contribution in [0, 0.1) is 22.5 Å². The van der Waals surface area contributed by atoms with E-state index in [1.807, 2.05) is 0 Å². The molecule has 1 aromatic carbocycles. The highest BCUT2D eigenvalue weighted by molar-refractivity contribution is 5.35. The molecule has 2 unspecified atom stereocenters. The van der Waals surface area contributed by atoms with Gasteiger partial charge in [-0.15, -0.1) is 0 Å². The van der Waals surface area contributed by atoms with Crippen LogP contribution in [0.15, 0.2) is 12.1 Å². The Morgan fingerprint density at radius 1 is 0.750 bits per heavy atom. The Kier molecular flexibility index (Phi) is 6.53. The van der Waals surface area contributed by atoms with Crippen LogP contribution in [0.1, 0.15) is 41.5 Å². The van der Waals surface area contributed by atoms with E-state index in [9.17, 15) is 17.6 Å². The van der Waals surface area contributed by atoms with E-state index in [1.54, 1.807) is 41.5 Å². The Morgan fingerprint density at radius 3 is 1.29 bits per heavy atom. The molecule has 1 rings (SSSR count). The van der Waals surface area contributed by atoms with Crippen molar-refractivity contribution >= 4 is 0 Å². The minimum Gasteiger partial charge on any atom is -0.487 e. The highest BCUT2D eigenvalue weighted by Crippen LogP contribution is 2.30. The summed E-state index contributed by atoms with van der Waals surface area (Å²) in [6.07, 6.45) is -2.68. The summed E-state index contributed by atoms with van der Waals surface area (Å²) >= 11 is 0. The van der Waals surface area contributed by atoms with Crippen LogP contribution in [-0.2, 0) is 0 Å². The summed E-state index contributed by atoms with van der Waals surface area (Å²) in [5, 5.41) is 0. The minimum atomic E-state index is -1.34. The Labute approximate surface area is 141 Å². The van der Waals surface area contributed by atoms with Crippen molar-refractivity contribution in [1.29, 1.82) is 0 Å². The van der Waals surface area contributed by atoms with Crippen molar-refractivity contribution in [2.75, 3.05) is 13.2 Å². The maximum atomic E-state index is 14.0. The molecular formula is C18H26F4O2. The molecule has 0 fully saturated rings. The molecule has 0 amide bonds. The zero-order valence-corrected chi connectivity index (χ0v) is 15.1. The lowest BCUT2D eigenvalue weighted by Gasteiger charge is -2.24. The summed E-state index contributed by atoms with van der Waals surface area (Å²) in [5.41, 5.74) is -1.33. The lowest BCUT2D eigenvalue weighted by Crippen LogP contribution is -2.28. The first-order valence-corrected chi connectivity index (χ1v) is 7.85. The molecule has 0 saturated heterocycles. The van der Waals surface area contributed by atoms with Gasteiger partial charge >= 0.3 is 0 Å². The van der Waals surface area contributed by atoms with E-state index in [-0.39, 0.29) is 0 Å². The van der Waals surface area contributed by atoms with Crippen molar-refractivity contribution in [3.8, 4) is 11.5 Å². The van der Waals surface area contributed by atoms with Gasteiger partial charge in [-0.3, -0.25) is 0 Å².